The largest absolute Gasteiger partial charge is 0.458 e. The topological polar surface area (TPSA) is 121 Å². The molecular formula is C34H42F3N7O3. The number of nitrogens with one attached hydrogen (secondary N) is 3. The fraction of sp³-hybridized carbons (Fsp3) is 0.500. The molecule has 2 aliphatic rings. The fourth-order valence-electron chi connectivity index (χ4n) is 5.95. The lowest BCUT2D eigenvalue weighted by molar-refractivity contribution is -0.156. The number of anilines is 3. The molecule has 2 aliphatic heterocycles. The van der Waals surface area contributed by atoms with E-state index in [0.717, 1.165) is 86.4 Å². The van der Waals surface area contributed by atoms with Gasteiger partial charge in [-0.1, -0.05) is 19.1 Å². The van der Waals surface area contributed by atoms with E-state index in [1.807, 2.05) is 6.92 Å². The van der Waals surface area contributed by atoms with Crippen molar-refractivity contribution in [3.8, 4) is 0 Å². The summed E-state index contributed by atoms with van der Waals surface area (Å²) in [6.07, 6.45) is 1.46. The van der Waals surface area contributed by atoms with Gasteiger partial charge in [-0.15, -0.1) is 0 Å². The number of nitrogens with zero attached hydrogens (tertiary/aromatic N) is 4. The lowest BCUT2D eigenvalue weighted by Crippen LogP contribution is -2.48. The summed E-state index contributed by atoms with van der Waals surface area (Å²) in [5.74, 6) is 1.09. The highest BCUT2D eigenvalue weighted by Gasteiger charge is 2.32. The number of aromatic nitrogens is 3. The monoisotopic (exact) mass is 653 g/mol. The minimum atomic E-state index is -4.62. The Labute approximate surface area is 272 Å². The summed E-state index contributed by atoms with van der Waals surface area (Å²) in [6, 6.07) is 7.18. The van der Waals surface area contributed by atoms with Gasteiger partial charge >= 0.3 is 12.1 Å². The molecule has 5 rings (SSSR count). The maximum absolute atomic E-state index is 13.3. The second kappa shape index (κ2) is 14.1. The number of esters is 1. The molecule has 1 atom stereocenters. The molecule has 0 unspecified atom stereocenters. The minimum absolute atomic E-state index is 0.108. The first-order valence-electron chi connectivity index (χ1n) is 16.1. The molecule has 13 heteroatoms. The van der Waals surface area contributed by atoms with Crippen LogP contribution in [0.25, 0.3) is 0 Å². The molecule has 3 aromatic rings. The second-order valence-electron chi connectivity index (χ2n) is 12.9. The zero-order chi connectivity index (χ0) is 33.8. The summed E-state index contributed by atoms with van der Waals surface area (Å²) in [5, 5.41) is 9.15. The van der Waals surface area contributed by atoms with Crippen molar-refractivity contribution in [3.05, 3.63) is 70.7 Å². The summed E-state index contributed by atoms with van der Waals surface area (Å²) in [5.41, 5.74) is 1.20. The number of amides is 1. The van der Waals surface area contributed by atoms with Gasteiger partial charge in [0.1, 0.15) is 35.4 Å². The SMILES string of the molecule is CCc1c(NC[C@H](NC(=O)c2cccc(C(F)(F)F)c2)C(=O)OC(C)(C)C)ncnc1N1CCC(c2ccc3c(n2)NCCC3)CC1. The third-order valence-electron chi connectivity index (χ3n) is 8.33. The molecule has 3 N–H and O–H groups in total. The van der Waals surface area contributed by atoms with Crippen LogP contribution in [0.15, 0.2) is 42.7 Å². The van der Waals surface area contributed by atoms with Crippen LogP contribution in [0, 0.1) is 0 Å². The van der Waals surface area contributed by atoms with Crippen LogP contribution in [0.4, 0.5) is 30.6 Å². The predicted octanol–water partition coefficient (Wildman–Crippen LogP) is 5.75. The molecule has 0 aliphatic carbocycles. The highest BCUT2D eigenvalue weighted by Crippen LogP contribution is 2.34. The van der Waals surface area contributed by atoms with Gasteiger partial charge in [0.25, 0.3) is 5.91 Å². The number of hydrogen-bond acceptors (Lipinski definition) is 9. The smallest absolute Gasteiger partial charge is 0.416 e. The number of pyridine rings is 1. The molecule has 4 heterocycles. The van der Waals surface area contributed by atoms with Crippen LogP contribution < -0.4 is 20.9 Å². The normalized spacial score (nSPS) is 16.1. The molecule has 0 saturated carbocycles. The van der Waals surface area contributed by atoms with E-state index in [-0.39, 0.29) is 12.1 Å². The third-order valence-corrected chi connectivity index (χ3v) is 8.33. The van der Waals surface area contributed by atoms with Crippen LogP contribution in [0.5, 0.6) is 0 Å². The Morgan fingerprint density at radius 1 is 1.11 bits per heavy atom. The van der Waals surface area contributed by atoms with E-state index in [1.54, 1.807) is 20.8 Å². The van der Waals surface area contributed by atoms with Crippen LogP contribution in [0.1, 0.15) is 85.6 Å². The quantitative estimate of drug-likeness (QED) is 0.248. The van der Waals surface area contributed by atoms with Crippen molar-refractivity contribution < 1.29 is 27.5 Å². The van der Waals surface area contributed by atoms with E-state index in [4.69, 9.17) is 9.72 Å². The van der Waals surface area contributed by atoms with E-state index < -0.39 is 35.3 Å². The Morgan fingerprint density at radius 2 is 1.87 bits per heavy atom. The molecule has 10 nitrogen and oxygen atoms in total. The Balaban J connectivity index is 1.28. The van der Waals surface area contributed by atoms with Crippen LogP contribution in [0.2, 0.25) is 0 Å². The van der Waals surface area contributed by atoms with Gasteiger partial charge in [-0.25, -0.2) is 19.7 Å². The molecule has 0 radical (unpaired) electrons. The highest BCUT2D eigenvalue weighted by atomic mass is 19.4. The molecule has 1 amide bonds. The van der Waals surface area contributed by atoms with Crippen molar-refractivity contribution >= 4 is 29.3 Å². The molecule has 252 valence electrons. The lowest BCUT2D eigenvalue weighted by Gasteiger charge is -2.34. The van der Waals surface area contributed by atoms with Crippen molar-refractivity contribution in [2.24, 2.45) is 0 Å². The van der Waals surface area contributed by atoms with E-state index in [1.165, 1.54) is 18.0 Å². The van der Waals surface area contributed by atoms with Crippen LogP contribution >= 0.6 is 0 Å². The number of alkyl halides is 3. The van der Waals surface area contributed by atoms with Crippen molar-refractivity contribution in [1.82, 2.24) is 20.3 Å². The van der Waals surface area contributed by atoms with Gasteiger partial charge in [0.2, 0.25) is 0 Å². The first-order chi connectivity index (χ1) is 22.3. The third kappa shape index (κ3) is 8.49. The summed E-state index contributed by atoms with van der Waals surface area (Å²) in [4.78, 5) is 42.4. The number of halogens is 3. The molecular weight excluding hydrogens is 611 g/mol. The Morgan fingerprint density at radius 3 is 2.57 bits per heavy atom. The first-order valence-corrected chi connectivity index (χ1v) is 16.1. The van der Waals surface area contributed by atoms with Crippen LogP contribution in [0.3, 0.4) is 0 Å². The van der Waals surface area contributed by atoms with Crippen molar-refractivity contribution in [1.29, 1.82) is 0 Å². The van der Waals surface area contributed by atoms with Gasteiger partial charge in [0.05, 0.1) is 5.56 Å². The summed E-state index contributed by atoms with van der Waals surface area (Å²) in [7, 11) is 0. The summed E-state index contributed by atoms with van der Waals surface area (Å²) in [6.45, 7) is 9.48. The number of benzene rings is 1. The van der Waals surface area contributed by atoms with E-state index >= 15 is 0 Å². The number of rotatable bonds is 9. The Kier molecular flexibility index (Phi) is 10.2. The summed E-state index contributed by atoms with van der Waals surface area (Å²) < 4.78 is 45.3. The number of aryl methyl sites for hydroxylation is 1. The zero-order valence-corrected chi connectivity index (χ0v) is 27.2. The van der Waals surface area contributed by atoms with Gasteiger partial charge in [0.15, 0.2) is 0 Å². The maximum atomic E-state index is 13.3. The minimum Gasteiger partial charge on any atom is -0.458 e. The van der Waals surface area contributed by atoms with Gasteiger partial charge in [0, 0.05) is 48.9 Å². The summed E-state index contributed by atoms with van der Waals surface area (Å²) >= 11 is 0. The van der Waals surface area contributed by atoms with Crippen molar-refractivity contribution in [2.45, 2.75) is 83.5 Å². The number of ether oxygens (including phenoxy) is 1. The highest BCUT2D eigenvalue weighted by molar-refractivity contribution is 5.97. The van der Waals surface area contributed by atoms with Gasteiger partial charge in [-0.05, 0) is 82.7 Å². The number of piperidine rings is 1. The van der Waals surface area contributed by atoms with E-state index in [0.29, 0.717) is 18.2 Å². The van der Waals surface area contributed by atoms with Crippen LogP contribution in [-0.4, -0.2) is 64.7 Å². The van der Waals surface area contributed by atoms with Crippen molar-refractivity contribution in [3.63, 3.8) is 0 Å². The molecule has 2 aromatic heterocycles. The fourth-order valence-corrected chi connectivity index (χ4v) is 5.95. The van der Waals surface area contributed by atoms with Gasteiger partial charge in [-0.2, -0.15) is 13.2 Å². The zero-order valence-electron chi connectivity index (χ0n) is 27.2. The van der Waals surface area contributed by atoms with Crippen molar-refractivity contribution in [2.75, 3.05) is 41.7 Å². The predicted molar refractivity (Wildman–Crippen MR) is 174 cm³/mol. The first kappa shape index (κ1) is 33.9. The second-order valence-corrected chi connectivity index (χ2v) is 12.9. The molecule has 0 spiro atoms. The lowest BCUT2D eigenvalue weighted by atomic mass is 9.92. The van der Waals surface area contributed by atoms with E-state index in [9.17, 15) is 22.8 Å². The van der Waals surface area contributed by atoms with E-state index in [2.05, 4.69) is 43.0 Å². The number of fused-ring (bicyclic) bond motifs is 1. The maximum Gasteiger partial charge on any atom is 0.416 e. The average Bonchev–Trinajstić information content (AvgIpc) is 3.05. The van der Waals surface area contributed by atoms with Gasteiger partial charge in [-0.3, -0.25) is 4.79 Å². The van der Waals surface area contributed by atoms with Crippen LogP contribution in [-0.2, 0) is 28.5 Å². The molecule has 0 bridgehead atoms. The molecule has 47 heavy (non-hydrogen) atoms. The number of carbonyl (C=O) groups is 2. The molecule has 1 fully saturated rings. The Bertz CT molecular complexity index is 1580. The molecule has 1 aromatic carbocycles. The average molecular weight is 654 g/mol. The number of hydrogen-bond donors (Lipinski definition) is 3. The molecule has 1 saturated heterocycles. The Hall–Kier alpha value is -4.42. The van der Waals surface area contributed by atoms with Gasteiger partial charge < -0.3 is 25.6 Å². The standard InChI is InChI=1S/C34H42F3N7O3/c1-5-25-29(39-19-27(32(46)47-33(2,3)4)43-31(45)23-8-6-10-24(18-23)34(35,36)37)40-20-41-30(25)44-16-13-21(14-17-44)26-12-11-22-9-7-15-38-28(22)42-26/h6,8,10-12,18,20-21,27H,5,7,9,13-17,19H2,1-4H3,(H,38,42)(H,43,45)(H,39,40,41)/t27-/m0/s1. The number of carbonyl (C=O) groups excluding carboxylic acids is 2.